The largest absolute Gasteiger partial charge is 0.325 e. The molecule has 1 aromatic rings. The predicted octanol–water partition coefficient (Wildman–Crippen LogP) is 2.53. The maximum atomic E-state index is 6.33. The Bertz CT molecular complexity index is 369. The Balaban J connectivity index is 1.74. The quantitative estimate of drug-likeness (QED) is 0.846. The highest BCUT2D eigenvalue weighted by Gasteiger charge is 2.43. The van der Waals surface area contributed by atoms with Crippen LogP contribution >= 0.6 is 0 Å². The molecular formula is C15H22N2. The van der Waals surface area contributed by atoms with Crippen molar-refractivity contribution in [3.8, 4) is 0 Å². The van der Waals surface area contributed by atoms with Gasteiger partial charge in [-0.1, -0.05) is 30.3 Å². The molecule has 92 valence electrons. The van der Waals surface area contributed by atoms with Crippen LogP contribution in [0.4, 0.5) is 0 Å². The molecule has 0 aliphatic carbocycles. The number of benzene rings is 1. The first-order valence-corrected chi connectivity index (χ1v) is 6.73. The third kappa shape index (κ3) is 2.24. The third-order valence-electron chi connectivity index (χ3n) is 4.38. The molecule has 17 heavy (non-hydrogen) atoms. The number of piperidine rings is 1. The zero-order valence-electron chi connectivity index (χ0n) is 10.6. The average Bonchev–Trinajstić information content (AvgIpc) is 2.55. The van der Waals surface area contributed by atoms with Crippen LogP contribution in [-0.2, 0) is 6.54 Å². The van der Waals surface area contributed by atoms with Gasteiger partial charge in [-0.3, -0.25) is 4.90 Å². The summed E-state index contributed by atoms with van der Waals surface area (Å²) < 4.78 is 0. The van der Waals surface area contributed by atoms with E-state index in [2.05, 4.69) is 42.2 Å². The van der Waals surface area contributed by atoms with Crippen LogP contribution in [-0.4, -0.2) is 22.5 Å². The summed E-state index contributed by atoms with van der Waals surface area (Å²) in [5, 5.41) is 0. The first kappa shape index (κ1) is 11.2. The molecular weight excluding hydrogens is 208 g/mol. The van der Waals surface area contributed by atoms with E-state index >= 15 is 0 Å². The van der Waals surface area contributed by atoms with Gasteiger partial charge in [-0.05, 0) is 38.2 Å². The SMILES string of the molecule is CC1(N)C[C@H]2CC[C@@H](C1)N2Cc1ccccc1. The van der Waals surface area contributed by atoms with Crippen molar-refractivity contribution in [1.29, 1.82) is 0 Å². The molecule has 0 saturated carbocycles. The lowest BCUT2D eigenvalue weighted by molar-refractivity contribution is 0.0875. The van der Waals surface area contributed by atoms with Crippen molar-refractivity contribution in [2.45, 2.75) is 56.8 Å². The fourth-order valence-corrected chi connectivity index (χ4v) is 3.67. The molecule has 3 atom stereocenters. The van der Waals surface area contributed by atoms with Gasteiger partial charge in [0.1, 0.15) is 0 Å². The van der Waals surface area contributed by atoms with E-state index in [9.17, 15) is 0 Å². The Kier molecular flexibility index (Phi) is 2.72. The highest BCUT2D eigenvalue weighted by molar-refractivity contribution is 5.16. The van der Waals surface area contributed by atoms with Crippen molar-refractivity contribution in [3.05, 3.63) is 35.9 Å². The smallest absolute Gasteiger partial charge is 0.0239 e. The Morgan fingerprint density at radius 1 is 1.18 bits per heavy atom. The number of hydrogen-bond acceptors (Lipinski definition) is 2. The van der Waals surface area contributed by atoms with Crippen LogP contribution in [0.1, 0.15) is 38.2 Å². The highest BCUT2D eigenvalue weighted by Crippen LogP contribution is 2.40. The van der Waals surface area contributed by atoms with Crippen LogP contribution in [0.5, 0.6) is 0 Å². The van der Waals surface area contributed by atoms with Crippen LogP contribution in [0.3, 0.4) is 0 Å². The van der Waals surface area contributed by atoms with Gasteiger partial charge in [-0.15, -0.1) is 0 Å². The minimum atomic E-state index is 0.0685. The molecule has 2 nitrogen and oxygen atoms in total. The molecule has 0 spiro atoms. The molecule has 2 heteroatoms. The van der Waals surface area contributed by atoms with Crippen molar-refractivity contribution >= 4 is 0 Å². The summed E-state index contributed by atoms with van der Waals surface area (Å²) in [6.07, 6.45) is 5.00. The van der Waals surface area contributed by atoms with Crippen molar-refractivity contribution < 1.29 is 0 Å². The molecule has 0 amide bonds. The zero-order valence-corrected chi connectivity index (χ0v) is 10.6. The number of nitrogens with two attached hydrogens (primary N) is 1. The minimum Gasteiger partial charge on any atom is -0.325 e. The van der Waals surface area contributed by atoms with Crippen molar-refractivity contribution in [3.63, 3.8) is 0 Å². The lowest BCUT2D eigenvalue weighted by atomic mass is 9.85. The molecule has 0 radical (unpaired) electrons. The summed E-state index contributed by atoms with van der Waals surface area (Å²) in [5.41, 5.74) is 7.83. The summed E-state index contributed by atoms with van der Waals surface area (Å²) in [7, 11) is 0. The van der Waals surface area contributed by atoms with E-state index in [0.29, 0.717) is 12.1 Å². The Labute approximate surface area is 104 Å². The van der Waals surface area contributed by atoms with Gasteiger partial charge in [0, 0.05) is 24.2 Å². The summed E-state index contributed by atoms with van der Waals surface area (Å²) in [5.74, 6) is 0. The molecule has 3 rings (SSSR count). The van der Waals surface area contributed by atoms with Gasteiger partial charge < -0.3 is 5.73 Å². The summed E-state index contributed by atoms with van der Waals surface area (Å²) in [4.78, 5) is 2.68. The molecule has 1 aromatic carbocycles. The Hall–Kier alpha value is -0.860. The molecule has 2 saturated heterocycles. The van der Waals surface area contributed by atoms with Crippen molar-refractivity contribution in [2.75, 3.05) is 0 Å². The van der Waals surface area contributed by atoms with Crippen LogP contribution in [0.15, 0.2) is 30.3 Å². The fourth-order valence-electron chi connectivity index (χ4n) is 3.67. The van der Waals surface area contributed by atoms with E-state index in [1.807, 2.05) is 0 Å². The van der Waals surface area contributed by atoms with Gasteiger partial charge in [0.05, 0.1) is 0 Å². The fraction of sp³-hybridized carbons (Fsp3) is 0.600. The first-order chi connectivity index (χ1) is 8.14. The van der Waals surface area contributed by atoms with E-state index in [4.69, 9.17) is 5.73 Å². The second-order valence-corrected chi connectivity index (χ2v) is 6.11. The topological polar surface area (TPSA) is 29.3 Å². The Morgan fingerprint density at radius 3 is 2.35 bits per heavy atom. The van der Waals surface area contributed by atoms with E-state index in [1.54, 1.807) is 0 Å². The molecule has 2 aliphatic rings. The number of fused-ring (bicyclic) bond motifs is 2. The first-order valence-electron chi connectivity index (χ1n) is 6.73. The molecule has 2 fully saturated rings. The standard InChI is InChI=1S/C15H22N2/c1-15(16)9-13-7-8-14(10-15)17(13)11-12-5-3-2-4-6-12/h2-6,13-14H,7-11,16H2,1H3/t13-,14+,15?. The van der Waals surface area contributed by atoms with Crippen LogP contribution < -0.4 is 5.73 Å². The van der Waals surface area contributed by atoms with Crippen LogP contribution in [0.25, 0.3) is 0 Å². The monoisotopic (exact) mass is 230 g/mol. The molecule has 2 N–H and O–H groups in total. The van der Waals surface area contributed by atoms with Gasteiger partial charge in [0.25, 0.3) is 0 Å². The summed E-state index contributed by atoms with van der Waals surface area (Å²) in [6.45, 7) is 3.32. The lowest BCUT2D eigenvalue weighted by Gasteiger charge is -2.43. The van der Waals surface area contributed by atoms with Crippen molar-refractivity contribution in [2.24, 2.45) is 5.73 Å². The molecule has 2 heterocycles. The van der Waals surface area contributed by atoms with Crippen LogP contribution in [0.2, 0.25) is 0 Å². The normalized spacial score (nSPS) is 37.3. The second kappa shape index (κ2) is 4.11. The van der Waals surface area contributed by atoms with Gasteiger partial charge in [-0.2, -0.15) is 0 Å². The van der Waals surface area contributed by atoms with Crippen LogP contribution in [0, 0.1) is 0 Å². The zero-order chi connectivity index (χ0) is 11.9. The maximum absolute atomic E-state index is 6.33. The molecule has 2 bridgehead atoms. The van der Waals surface area contributed by atoms with Gasteiger partial charge in [0.2, 0.25) is 0 Å². The van der Waals surface area contributed by atoms with E-state index in [-0.39, 0.29) is 5.54 Å². The summed E-state index contributed by atoms with van der Waals surface area (Å²) >= 11 is 0. The van der Waals surface area contributed by atoms with Gasteiger partial charge in [-0.25, -0.2) is 0 Å². The van der Waals surface area contributed by atoms with E-state index in [0.717, 1.165) is 19.4 Å². The summed E-state index contributed by atoms with van der Waals surface area (Å²) in [6, 6.07) is 12.2. The average molecular weight is 230 g/mol. The number of nitrogens with zero attached hydrogens (tertiary/aromatic N) is 1. The molecule has 2 aliphatic heterocycles. The number of rotatable bonds is 2. The van der Waals surface area contributed by atoms with E-state index in [1.165, 1.54) is 18.4 Å². The number of hydrogen-bond donors (Lipinski definition) is 1. The van der Waals surface area contributed by atoms with Crippen molar-refractivity contribution in [1.82, 2.24) is 4.90 Å². The lowest BCUT2D eigenvalue weighted by Crippen LogP contribution is -2.53. The van der Waals surface area contributed by atoms with Gasteiger partial charge >= 0.3 is 0 Å². The molecule has 0 aromatic heterocycles. The highest BCUT2D eigenvalue weighted by atomic mass is 15.2. The van der Waals surface area contributed by atoms with E-state index < -0.39 is 0 Å². The third-order valence-corrected chi connectivity index (χ3v) is 4.38. The molecule has 1 unspecified atom stereocenters. The maximum Gasteiger partial charge on any atom is 0.0239 e. The Morgan fingerprint density at radius 2 is 1.76 bits per heavy atom. The van der Waals surface area contributed by atoms with Gasteiger partial charge in [0.15, 0.2) is 0 Å². The second-order valence-electron chi connectivity index (χ2n) is 6.11. The predicted molar refractivity (Wildman–Crippen MR) is 70.6 cm³/mol. The minimum absolute atomic E-state index is 0.0685.